The minimum absolute atomic E-state index is 0.0226. The second-order valence-electron chi connectivity index (χ2n) is 8.20. The molecule has 172 valence electrons. The molecule has 0 aliphatic carbocycles. The Morgan fingerprint density at radius 2 is 1.67 bits per heavy atom. The van der Waals surface area contributed by atoms with Gasteiger partial charge in [0.25, 0.3) is 0 Å². The number of hydrogen-bond donors (Lipinski definition) is 4. The van der Waals surface area contributed by atoms with Crippen LogP contribution in [-0.2, 0) is 11.2 Å². The van der Waals surface area contributed by atoms with Crippen LogP contribution < -0.4 is 10.2 Å². The van der Waals surface area contributed by atoms with E-state index in [1.165, 1.54) is 11.6 Å². The molecule has 0 spiro atoms. The van der Waals surface area contributed by atoms with Crippen molar-refractivity contribution in [1.29, 1.82) is 5.41 Å². The first-order valence-corrected chi connectivity index (χ1v) is 11.1. The molecule has 6 nitrogen and oxygen atoms in total. The number of anilines is 3. The van der Waals surface area contributed by atoms with E-state index in [9.17, 15) is 15.0 Å². The second-order valence-corrected chi connectivity index (χ2v) is 8.20. The van der Waals surface area contributed by atoms with Crippen LogP contribution in [0.4, 0.5) is 17.1 Å². The highest BCUT2D eigenvalue weighted by Crippen LogP contribution is 2.29. The molecule has 0 radical (unpaired) electrons. The maximum atomic E-state index is 10.6. The molecule has 6 heteroatoms. The molecule has 3 aromatic rings. The zero-order chi connectivity index (χ0) is 23.8. The highest BCUT2D eigenvalue weighted by atomic mass is 16.3. The molecule has 1 atom stereocenters. The average molecular weight is 446 g/mol. The van der Waals surface area contributed by atoms with Crippen molar-refractivity contribution in [2.24, 2.45) is 0 Å². The molecule has 0 aliphatic heterocycles. The first-order valence-electron chi connectivity index (χ1n) is 11.1. The van der Waals surface area contributed by atoms with Gasteiger partial charge in [-0.2, -0.15) is 0 Å². The van der Waals surface area contributed by atoms with Gasteiger partial charge in [0, 0.05) is 24.1 Å². The van der Waals surface area contributed by atoms with Crippen molar-refractivity contribution in [3.63, 3.8) is 0 Å². The molecule has 0 saturated carbocycles. The first-order chi connectivity index (χ1) is 15.9. The third-order valence-corrected chi connectivity index (χ3v) is 5.82. The third-order valence-electron chi connectivity index (χ3n) is 5.82. The standard InChI is InChI=1S/C27H31N3O3/c1-19(28)21-9-14-24(15-10-21)30(2)23-12-7-20(8-13-23)5-3-4-6-26(32)22-11-16-27(33)25(17-22)29-18-31/h7-18,26,28,32-33H,3-6H2,1-2H3,(H,29,31)/t26-/m0/s1. The summed E-state index contributed by atoms with van der Waals surface area (Å²) >= 11 is 0. The monoisotopic (exact) mass is 445 g/mol. The van der Waals surface area contributed by atoms with Crippen molar-refractivity contribution in [3.05, 3.63) is 83.4 Å². The van der Waals surface area contributed by atoms with E-state index >= 15 is 0 Å². The van der Waals surface area contributed by atoms with Gasteiger partial charge in [0.05, 0.1) is 11.8 Å². The van der Waals surface area contributed by atoms with E-state index in [4.69, 9.17) is 5.41 Å². The lowest BCUT2D eigenvalue weighted by Crippen LogP contribution is -2.09. The van der Waals surface area contributed by atoms with Crippen LogP contribution in [0.25, 0.3) is 0 Å². The lowest BCUT2D eigenvalue weighted by atomic mass is 10.0. The van der Waals surface area contributed by atoms with Crippen molar-refractivity contribution in [2.45, 2.75) is 38.7 Å². The van der Waals surface area contributed by atoms with Crippen LogP contribution in [0.5, 0.6) is 5.75 Å². The first kappa shape index (κ1) is 24.0. The minimum Gasteiger partial charge on any atom is -0.506 e. The Kier molecular flexibility index (Phi) is 8.22. The number of aryl methyl sites for hydroxylation is 1. The fraction of sp³-hybridized carbons (Fsp3) is 0.259. The van der Waals surface area contributed by atoms with Gasteiger partial charge in [0.15, 0.2) is 0 Å². The lowest BCUT2D eigenvalue weighted by molar-refractivity contribution is -0.105. The number of rotatable bonds is 11. The second kappa shape index (κ2) is 11.3. The van der Waals surface area contributed by atoms with Crippen LogP contribution in [0, 0.1) is 5.41 Å². The molecule has 3 aromatic carbocycles. The molecule has 0 bridgehead atoms. The normalized spacial score (nSPS) is 11.6. The molecule has 0 saturated heterocycles. The van der Waals surface area contributed by atoms with Crippen molar-refractivity contribution < 1.29 is 15.0 Å². The Balaban J connectivity index is 1.49. The van der Waals surface area contributed by atoms with Crippen LogP contribution in [-0.4, -0.2) is 29.4 Å². The number of aromatic hydroxyl groups is 1. The predicted octanol–water partition coefficient (Wildman–Crippen LogP) is 5.56. The zero-order valence-corrected chi connectivity index (χ0v) is 19.1. The maximum absolute atomic E-state index is 10.6. The van der Waals surface area contributed by atoms with Crippen LogP contribution in [0.3, 0.4) is 0 Å². The van der Waals surface area contributed by atoms with Gasteiger partial charge < -0.3 is 25.8 Å². The van der Waals surface area contributed by atoms with Gasteiger partial charge in [-0.05, 0) is 79.3 Å². The number of hydrogen-bond acceptors (Lipinski definition) is 5. The fourth-order valence-corrected chi connectivity index (χ4v) is 3.74. The topological polar surface area (TPSA) is 96.7 Å². The van der Waals surface area contributed by atoms with Crippen molar-refractivity contribution in [1.82, 2.24) is 0 Å². The number of carbonyl (C=O) groups is 1. The van der Waals surface area contributed by atoms with E-state index in [0.717, 1.165) is 36.2 Å². The average Bonchev–Trinajstić information content (AvgIpc) is 2.83. The number of unbranched alkanes of at least 4 members (excludes halogenated alkanes) is 1. The van der Waals surface area contributed by atoms with Gasteiger partial charge in [0.2, 0.25) is 6.41 Å². The highest BCUT2D eigenvalue weighted by molar-refractivity contribution is 5.96. The molecule has 0 aromatic heterocycles. The van der Waals surface area contributed by atoms with E-state index in [0.29, 0.717) is 29.8 Å². The maximum Gasteiger partial charge on any atom is 0.211 e. The predicted molar refractivity (Wildman–Crippen MR) is 134 cm³/mol. The summed E-state index contributed by atoms with van der Waals surface area (Å²) in [6, 6.07) is 21.2. The molecular formula is C27H31N3O3. The smallest absolute Gasteiger partial charge is 0.211 e. The van der Waals surface area contributed by atoms with Crippen molar-refractivity contribution in [3.8, 4) is 5.75 Å². The molecule has 0 unspecified atom stereocenters. The summed E-state index contributed by atoms with van der Waals surface area (Å²) in [5.74, 6) is -0.0226. The van der Waals surface area contributed by atoms with Gasteiger partial charge in [-0.1, -0.05) is 36.8 Å². The van der Waals surface area contributed by atoms with Gasteiger partial charge in [0.1, 0.15) is 5.75 Å². The van der Waals surface area contributed by atoms with E-state index < -0.39 is 6.10 Å². The van der Waals surface area contributed by atoms with Gasteiger partial charge in [-0.15, -0.1) is 0 Å². The molecule has 0 aliphatic rings. The van der Waals surface area contributed by atoms with E-state index in [-0.39, 0.29) is 5.75 Å². The summed E-state index contributed by atoms with van der Waals surface area (Å²) in [6.45, 7) is 1.79. The molecule has 4 N–H and O–H groups in total. The summed E-state index contributed by atoms with van der Waals surface area (Å²) in [6.07, 6.45) is 3.21. The van der Waals surface area contributed by atoms with E-state index in [1.807, 2.05) is 31.3 Å². The SMILES string of the molecule is CC(=N)c1ccc(N(C)c2ccc(CCCC[C@H](O)c3ccc(O)c(NC=O)c3)cc2)cc1. The Morgan fingerprint density at radius 3 is 2.27 bits per heavy atom. The molecule has 0 fully saturated rings. The molecular weight excluding hydrogens is 414 g/mol. The highest BCUT2D eigenvalue weighted by Gasteiger charge is 2.11. The van der Waals surface area contributed by atoms with E-state index in [2.05, 4.69) is 34.5 Å². The van der Waals surface area contributed by atoms with Crippen molar-refractivity contribution in [2.75, 3.05) is 17.3 Å². The molecule has 33 heavy (non-hydrogen) atoms. The number of aliphatic hydroxyl groups excluding tert-OH is 1. The summed E-state index contributed by atoms with van der Waals surface area (Å²) < 4.78 is 0. The Labute approximate surface area is 195 Å². The van der Waals surface area contributed by atoms with Crippen LogP contribution >= 0.6 is 0 Å². The fourth-order valence-electron chi connectivity index (χ4n) is 3.74. The number of benzene rings is 3. The van der Waals surface area contributed by atoms with Gasteiger partial charge >= 0.3 is 0 Å². The zero-order valence-electron chi connectivity index (χ0n) is 19.1. The number of amides is 1. The number of nitrogens with zero attached hydrogens (tertiary/aromatic N) is 1. The molecule has 1 amide bonds. The minimum atomic E-state index is -0.642. The largest absolute Gasteiger partial charge is 0.506 e. The van der Waals surface area contributed by atoms with Gasteiger partial charge in [-0.25, -0.2) is 0 Å². The van der Waals surface area contributed by atoms with Crippen LogP contribution in [0.1, 0.15) is 49.0 Å². The van der Waals surface area contributed by atoms with E-state index in [1.54, 1.807) is 19.1 Å². The number of phenolic OH excluding ortho intramolecular Hbond substituents is 1. The Hall–Kier alpha value is -3.64. The number of phenols is 1. The number of nitrogens with one attached hydrogen (secondary N) is 2. The number of carbonyl (C=O) groups excluding carboxylic acids is 1. The Bertz CT molecular complexity index is 1080. The summed E-state index contributed by atoms with van der Waals surface area (Å²) in [5, 5.41) is 30.3. The summed E-state index contributed by atoms with van der Waals surface area (Å²) in [4.78, 5) is 12.7. The van der Waals surface area contributed by atoms with Crippen LogP contribution in [0.15, 0.2) is 66.7 Å². The third kappa shape index (κ3) is 6.43. The molecule has 0 heterocycles. The Morgan fingerprint density at radius 1 is 1.03 bits per heavy atom. The molecule has 3 rings (SSSR count). The quantitative estimate of drug-likeness (QED) is 0.134. The summed E-state index contributed by atoms with van der Waals surface area (Å²) in [5.41, 5.74) is 5.88. The summed E-state index contributed by atoms with van der Waals surface area (Å²) in [7, 11) is 2.03. The lowest BCUT2D eigenvalue weighted by Gasteiger charge is -2.20. The van der Waals surface area contributed by atoms with Gasteiger partial charge in [-0.3, -0.25) is 4.79 Å². The number of aliphatic hydroxyl groups is 1. The van der Waals surface area contributed by atoms with Crippen LogP contribution in [0.2, 0.25) is 0 Å². The van der Waals surface area contributed by atoms with Crippen molar-refractivity contribution >= 4 is 29.2 Å².